The van der Waals surface area contributed by atoms with Crippen LogP contribution >= 0.6 is 28.1 Å². The molecule has 0 atom stereocenters. The van der Waals surface area contributed by atoms with Crippen LogP contribution in [0.5, 0.6) is 5.75 Å². The average molecular weight is 354 g/mol. The first-order chi connectivity index (χ1) is 9.47. The van der Waals surface area contributed by atoms with Crippen LogP contribution in [0.2, 0.25) is 0 Å². The van der Waals surface area contributed by atoms with Gasteiger partial charge >= 0.3 is 0 Å². The van der Waals surface area contributed by atoms with Crippen molar-refractivity contribution in [3.05, 3.63) is 63.4 Å². The van der Waals surface area contributed by atoms with Crippen molar-refractivity contribution < 1.29 is 9.13 Å². The third kappa shape index (κ3) is 3.55. The number of nitrogens with two attached hydrogens (primary N) is 1. The minimum absolute atomic E-state index is 0.0455. The fourth-order valence-electron chi connectivity index (χ4n) is 1.79. The van der Waals surface area contributed by atoms with Gasteiger partial charge in [-0.2, -0.15) is 0 Å². The van der Waals surface area contributed by atoms with Gasteiger partial charge in [0.15, 0.2) is 0 Å². The smallest absolute Gasteiger partial charge is 0.133 e. The molecule has 0 aliphatic carbocycles. The second-order valence-corrected chi connectivity index (χ2v) is 5.73. The van der Waals surface area contributed by atoms with Crippen LogP contribution in [0.25, 0.3) is 0 Å². The standard InChI is InChI=1S/C15H13BrFNOS/c1-9-6-11(16)3-5-14(9)19-8-10-2-4-13(17)12(7-10)15(18)20/h2-7H,8H2,1H3,(H2,18,20). The summed E-state index contributed by atoms with van der Waals surface area (Å²) in [7, 11) is 0. The Morgan fingerprint density at radius 3 is 2.70 bits per heavy atom. The molecule has 0 radical (unpaired) electrons. The summed E-state index contributed by atoms with van der Waals surface area (Å²) in [5.74, 6) is 0.371. The Balaban J connectivity index is 2.15. The van der Waals surface area contributed by atoms with E-state index in [9.17, 15) is 4.39 Å². The van der Waals surface area contributed by atoms with Gasteiger partial charge in [-0.05, 0) is 48.4 Å². The predicted molar refractivity (Wildman–Crippen MR) is 85.5 cm³/mol. The van der Waals surface area contributed by atoms with Gasteiger partial charge < -0.3 is 10.5 Å². The molecule has 0 saturated heterocycles. The molecule has 2 aromatic rings. The lowest BCUT2D eigenvalue weighted by molar-refractivity contribution is 0.304. The number of aryl methyl sites for hydroxylation is 1. The van der Waals surface area contributed by atoms with Crippen molar-refractivity contribution in [2.75, 3.05) is 0 Å². The maximum Gasteiger partial charge on any atom is 0.133 e. The van der Waals surface area contributed by atoms with E-state index in [1.54, 1.807) is 12.1 Å². The first-order valence-corrected chi connectivity index (χ1v) is 7.14. The predicted octanol–water partition coefficient (Wildman–Crippen LogP) is 4.11. The fourth-order valence-corrected chi connectivity index (χ4v) is 2.42. The van der Waals surface area contributed by atoms with Crippen LogP contribution in [0, 0.1) is 12.7 Å². The molecule has 2 N–H and O–H groups in total. The molecular weight excluding hydrogens is 341 g/mol. The largest absolute Gasteiger partial charge is 0.489 e. The number of hydrogen-bond acceptors (Lipinski definition) is 2. The summed E-state index contributed by atoms with van der Waals surface area (Å²) >= 11 is 8.21. The molecule has 0 fully saturated rings. The van der Waals surface area contributed by atoms with Crippen molar-refractivity contribution in [1.82, 2.24) is 0 Å². The van der Waals surface area contributed by atoms with Gasteiger partial charge in [0.2, 0.25) is 0 Å². The third-order valence-corrected chi connectivity index (χ3v) is 3.54. The lowest BCUT2D eigenvalue weighted by Crippen LogP contribution is -2.12. The van der Waals surface area contributed by atoms with Gasteiger partial charge in [-0.3, -0.25) is 0 Å². The summed E-state index contributed by atoms with van der Waals surface area (Å²) in [6, 6.07) is 10.4. The number of halogens is 2. The molecule has 0 amide bonds. The maximum absolute atomic E-state index is 13.5. The Bertz CT molecular complexity index is 660. The Labute approximate surface area is 130 Å². The molecule has 104 valence electrons. The number of hydrogen-bond donors (Lipinski definition) is 1. The molecule has 0 unspecified atom stereocenters. The van der Waals surface area contributed by atoms with E-state index in [4.69, 9.17) is 22.7 Å². The van der Waals surface area contributed by atoms with Crippen molar-refractivity contribution in [2.24, 2.45) is 5.73 Å². The number of thiocarbonyl (C=S) groups is 1. The molecule has 0 aliphatic rings. The van der Waals surface area contributed by atoms with Crippen molar-refractivity contribution >= 4 is 33.1 Å². The summed E-state index contributed by atoms with van der Waals surface area (Å²) in [5, 5.41) is 0. The molecule has 0 saturated carbocycles. The lowest BCUT2D eigenvalue weighted by Gasteiger charge is -2.10. The van der Waals surface area contributed by atoms with Crippen LogP contribution < -0.4 is 10.5 Å². The van der Waals surface area contributed by atoms with Crippen molar-refractivity contribution in [1.29, 1.82) is 0 Å². The Morgan fingerprint density at radius 1 is 1.30 bits per heavy atom. The minimum Gasteiger partial charge on any atom is -0.489 e. The maximum atomic E-state index is 13.5. The topological polar surface area (TPSA) is 35.2 Å². The molecule has 2 aromatic carbocycles. The Kier molecular flexibility index (Phi) is 4.73. The van der Waals surface area contributed by atoms with Crippen LogP contribution in [-0.4, -0.2) is 4.99 Å². The highest BCUT2D eigenvalue weighted by molar-refractivity contribution is 9.10. The van der Waals surface area contributed by atoms with E-state index in [1.165, 1.54) is 6.07 Å². The zero-order valence-electron chi connectivity index (χ0n) is 10.8. The Morgan fingerprint density at radius 2 is 2.05 bits per heavy atom. The summed E-state index contributed by atoms with van der Waals surface area (Å²) in [6.07, 6.45) is 0. The summed E-state index contributed by atoms with van der Waals surface area (Å²) in [5.41, 5.74) is 7.56. The van der Waals surface area contributed by atoms with Crippen LogP contribution in [0.1, 0.15) is 16.7 Å². The van der Waals surface area contributed by atoms with E-state index in [-0.39, 0.29) is 10.6 Å². The van der Waals surface area contributed by atoms with Crippen molar-refractivity contribution in [2.45, 2.75) is 13.5 Å². The van der Waals surface area contributed by atoms with Gasteiger partial charge in [-0.1, -0.05) is 34.2 Å². The summed E-state index contributed by atoms with van der Waals surface area (Å²) < 4.78 is 20.2. The number of rotatable bonds is 4. The molecule has 2 rings (SSSR count). The van der Waals surface area contributed by atoms with Crippen LogP contribution in [-0.2, 0) is 6.61 Å². The van der Waals surface area contributed by atoms with Crippen LogP contribution in [0.3, 0.4) is 0 Å². The number of benzene rings is 2. The lowest BCUT2D eigenvalue weighted by atomic mass is 10.1. The molecule has 2 nitrogen and oxygen atoms in total. The van der Waals surface area contributed by atoms with E-state index >= 15 is 0 Å². The van der Waals surface area contributed by atoms with E-state index in [0.717, 1.165) is 21.3 Å². The van der Waals surface area contributed by atoms with E-state index in [0.29, 0.717) is 6.61 Å². The monoisotopic (exact) mass is 353 g/mol. The van der Waals surface area contributed by atoms with Crippen LogP contribution in [0.15, 0.2) is 40.9 Å². The zero-order valence-corrected chi connectivity index (χ0v) is 13.2. The average Bonchev–Trinajstić information content (AvgIpc) is 2.39. The fraction of sp³-hybridized carbons (Fsp3) is 0.133. The normalized spacial score (nSPS) is 10.3. The van der Waals surface area contributed by atoms with Gasteiger partial charge in [-0.15, -0.1) is 0 Å². The summed E-state index contributed by atoms with van der Waals surface area (Å²) in [6.45, 7) is 2.30. The summed E-state index contributed by atoms with van der Waals surface area (Å²) in [4.78, 5) is 0.0455. The highest BCUT2D eigenvalue weighted by atomic mass is 79.9. The molecule has 20 heavy (non-hydrogen) atoms. The first kappa shape index (κ1) is 14.9. The Hall–Kier alpha value is -1.46. The third-order valence-electron chi connectivity index (χ3n) is 2.83. The van der Waals surface area contributed by atoms with Gasteiger partial charge in [0.25, 0.3) is 0 Å². The van der Waals surface area contributed by atoms with Gasteiger partial charge in [0, 0.05) is 10.0 Å². The van der Waals surface area contributed by atoms with Gasteiger partial charge in [0.05, 0.1) is 0 Å². The quantitative estimate of drug-likeness (QED) is 0.840. The molecule has 0 spiro atoms. The van der Waals surface area contributed by atoms with E-state index < -0.39 is 5.82 Å². The second kappa shape index (κ2) is 6.33. The molecular formula is C15H13BrFNOS. The van der Waals surface area contributed by atoms with Gasteiger partial charge in [0.1, 0.15) is 23.2 Å². The molecule has 0 heterocycles. The first-order valence-electron chi connectivity index (χ1n) is 5.94. The zero-order chi connectivity index (χ0) is 14.7. The molecule has 0 bridgehead atoms. The van der Waals surface area contributed by atoms with Crippen molar-refractivity contribution in [3.8, 4) is 5.75 Å². The highest BCUT2D eigenvalue weighted by Gasteiger charge is 2.07. The number of ether oxygens (including phenoxy) is 1. The molecule has 5 heteroatoms. The molecule has 0 aliphatic heterocycles. The molecule has 0 aromatic heterocycles. The van der Waals surface area contributed by atoms with Gasteiger partial charge in [-0.25, -0.2) is 4.39 Å². The minimum atomic E-state index is -0.416. The SMILES string of the molecule is Cc1cc(Br)ccc1OCc1ccc(F)c(C(N)=S)c1. The van der Waals surface area contributed by atoms with E-state index in [1.807, 2.05) is 25.1 Å². The van der Waals surface area contributed by atoms with E-state index in [2.05, 4.69) is 15.9 Å². The van der Waals surface area contributed by atoms with Crippen molar-refractivity contribution in [3.63, 3.8) is 0 Å². The second-order valence-electron chi connectivity index (χ2n) is 4.38. The van der Waals surface area contributed by atoms with Crippen LogP contribution in [0.4, 0.5) is 4.39 Å². The highest BCUT2D eigenvalue weighted by Crippen LogP contribution is 2.23.